The average Bonchev–Trinajstić information content (AvgIpc) is 2.18. The van der Waals surface area contributed by atoms with E-state index in [0.717, 1.165) is 6.26 Å². The van der Waals surface area contributed by atoms with Gasteiger partial charge in [-0.15, -0.1) is 0 Å². The molecule has 0 aliphatic heterocycles. The van der Waals surface area contributed by atoms with Crippen molar-refractivity contribution < 1.29 is 18.6 Å². The van der Waals surface area contributed by atoms with Crippen molar-refractivity contribution in [3.8, 4) is 0 Å². The van der Waals surface area contributed by atoms with Gasteiger partial charge in [0.05, 0.1) is 12.7 Å². The average molecular weight is 230 g/mol. The van der Waals surface area contributed by atoms with Crippen LogP contribution in [0.1, 0.15) is 11.7 Å². The van der Waals surface area contributed by atoms with E-state index < -0.39 is 27.8 Å². The first-order valence-electron chi connectivity index (χ1n) is 4.49. The normalized spacial score (nSPS) is 15.9. The minimum Gasteiger partial charge on any atom is -0.395 e. The predicted octanol–water partition coefficient (Wildman–Crippen LogP) is 0.125. The Bertz CT molecular complexity index is 399. The molecule has 0 unspecified atom stereocenters. The highest BCUT2D eigenvalue weighted by Gasteiger charge is 2.29. The van der Waals surface area contributed by atoms with Gasteiger partial charge in [-0.25, -0.2) is 8.42 Å². The van der Waals surface area contributed by atoms with Gasteiger partial charge >= 0.3 is 0 Å². The number of benzene rings is 1. The first-order chi connectivity index (χ1) is 6.96. The summed E-state index contributed by atoms with van der Waals surface area (Å²) < 4.78 is 22.5. The van der Waals surface area contributed by atoms with Crippen molar-refractivity contribution >= 4 is 9.84 Å². The maximum atomic E-state index is 11.3. The van der Waals surface area contributed by atoms with Crippen molar-refractivity contribution in [1.29, 1.82) is 0 Å². The molecule has 1 aromatic carbocycles. The summed E-state index contributed by atoms with van der Waals surface area (Å²) in [4.78, 5) is 0. The Kier molecular flexibility index (Phi) is 3.84. The third-order valence-electron chi connectivity index (χ3n) is 2.22. The van der Waals surface area contributed by atoms with Gasteiger partial charge in [-0.1, -0.05) is 30.3 Å². The van der Waals surface area contributed by atoms with E-state index in [0.29, 0.717) is 5.56 Å². The quantitative estimate of drug-likeness (QED) is 0.770. The van der Waals surface area contributed by atoms with Gasteiger partial charge in [-0.2, -0.15) is 0 Å². The van der Waals surface area contributed by atoms with Crippen molar-refractivity contribution in [2.24, 2.45) is 0 Å². The molecule has 4 nitrogen and oxygen atoms in total. The van der Waals surface area contributed by atoms with Crippen molar-refractivity contribution in [1.82, 2.24) is 0 Å². The van der Waals surface area contributed by atoms with Gasteiger partial charge in [0.1, 0.15) is 5.25 Å². The summed E-state index contributed by atoms with van der Waals surface area (Å²) >= 11 is 0. The van der Waals surface area contributed by atoms with Crippen LogP contribution in [0.15, 0.2) is 30.3 Å². The second-order valence-corrected chi connectivity index (χ2v) is 5.67. The summed E-state index contributed by atoms with van der Waals surface area (Å²) in [5.74, 6) is 0. The van der Waals surface area contributed by atoms with E-state index in [9.17, 15) is 13.5 Å². The molecule has 0 saturated carbocycles. The maximum absolute atomic E-state index is 11.3. The highest BCUT2D eigenvalue weighted by atomic mass is 32.2. The van der Waals surface area contributed by atoms with Gasteiger partial charge in [0.25, 0.3) is 0 Å². The molecule has 0 heterocycles. The lowest BCUT2D eigenvalue weighted by atomic mass is 10.1. The topological polar surface area (TPSA) is 74.6 Å². The minimum atomic E-state index is -3.46. The third kappa shape index (κ3) is 3.02. The Balaban J connectivity index is 2.98. The molecule has 0 amide bonds. The van der Waals surface area contributed by atoms with Crippen molar-refractivity contribution in [2.45, 2.75) is 11.4 Å². The van der Waals surface area contributed by atoms with Crippen molar-refractivity contribution in [3.63, 3.8) is 0 Å². The highest BCUT2D eigenvalue weighted by Crippen LogP contribution is 2.20. The van der Waals surface area contributed by atoms with Crippen LogP contribution >= 0.6 is 0 Å². The standard InChI is InChI=1S/C10H14O4S/c1-15(13,14)9(7-11)10(12)8-5-3-2-4-6-8/h2-6,9-12H,7H2,1H3/t9-,10+/m0/s1. The number of aliphatic hydroxyl groups excluding tert-OH is 2. The summed E-state index contributed by atoms with van der Waals surface area (Å²) in [6.07, 6.45) is -0.189. The Labute approximate surface area is 89.1 Å². The molecule has 0 aromatic heterocycles. The van der Waals surface area contributed by atoms with Gasteiger partial charge in [-0.3, -0.25) is 0 Å². The molecule has 0 fully saturated rings. The summed E-state index contributed by atoms with van der Waals surface area (Å²) in [6, 6.07) is 8.42. The van der Waals surface area contributed by atoms with Crippen LogP contribution in [-0.2, 0) is 9.84 Å². The lowest BCUT2D eigenvalue weighted by Gasteiger charge is -2.19. The van der Waals surface area contributed by atoms with Gasteiger partial charge in [0, 0.05) is 6.26 Å². The zero-order chi connectivity index (χ0) is 11.5. The van der Waals surface area contributed by atoms with E-state index in [1.54, 1.807) is 30.3 Å². The van der Waals surface area contributed by atoms with Crippen LogP contribution in [0.5, 0.6) is 0 Å². The molecule has 15 heavy (non-hydrogen) atoms. The van der Waals surface area contributed by atoms with Gasteiger partial charge in [0.2, 0.25) is 0 Å². The number of aliphatic hydroxyl groups is 2. The minimum absolute atomic E-state index is 0.488. The van der Waals surface area contributed by atoms with Crippen LogP contribution in [0.2, 0.25) is 0 Å². The molecule has 84 valence electrons. The number of rotatable bonds is 4. The largest absolute Gasteiger partial charge is 0.395 e. The van der Waals surface area contributed by atoms with Crippen LogP contribution in [0.4, 0.5) is 0 Å². The molecule has 1 aromatic rings. The van der Waals surface area contributed by atoms with E-state index in [4.69, 9.17) is 5.11 Å². The van der Waals surface area contributed by atoms with Crippen LogP contribution in [0.25, 0.3) is 0 Å². The van der Waals surface area contributed by atoms with Crippen molar-refractivity contribution in [2.75, 3.05) is 12.9 Å². The molecular weight excluding hydrogens is 216 g/mol. The summed E-state index contributed by atoms with van der Waals surface area (Å²) in [6.45, 7) is -0.588. The third-order valence-corrected chi connectivity index (χ3v) is 3.73. The predicted molar refractivity (Wildman–Crippen MR) is 57.1 cm³/mol. The highest BCUT2D eigenvalue weighted by molar-refractivity contribution is 7.91. The van der Waals surface area contributed by atoms with E-state index in [2.05, 4.69) is 0 Å². The summed E-state index contributed by atoms with van der Waals surface area (Å²) in [7, 11) is -3.46. The molecule has 5 heteroatoms. The molecule has 1 rings (SSSR count). The SMILES string of the molecule is CS(=O)(=O)[C@@H](CO)[C@H](O)c1ccccc1. The molecule has 2 atom stereocenters. The number of sulfone groups is 1. The monoisotopic (exact) mass is 230 g/mol. The van der Waals surface area contributed by atoms with E-state index in [1.807, 2.05) is 0 Å². The Morgan fingerprint density at radius 3 is 2.20 bits per heavy atom. The number of hydrogen-bond acceptors (Lipinski definition) is 4. The smallest absolute Gasteiger partial charge is 0.155 e. The molecule has 0 aliphatic carbocycles. The van der Waals surface area contributed by atoms with Crippen LogP contribution in [-0.4, -0.2) is 36.7 Å². The first kappa shape index (κ1) is 12.2. The Hall–Kier alpha value is -0.910. The van der Waals surface area contributed by atoms with Gasteiger partial charge in [0.15, 0.2) is 9.84 Å². The second-order valence-electron chi connectivity index (χ2n) is 3.41. The Morgan fingerprint density at radius 1 is 1.27 bits per heavy atom. The Morgan fingerprint density at radius 2 is 1.80 bits per heavy atom. The summed E-state index contributed by atoms with van der Waals surface area (Å²) in [5, 5.41) is 17.6. The first-order valence-corrected chi connectivity index (χ1v) is 6.45. The lowest BCUT2D eigenvalue weighted by Crippen LogP contribution is -2.31. The zero-order valence-corrected chi connectivity index (χ0v) is 9.18. The number of hydrogen-bond donors (Lipinski definition) is 2. The molecule has 0 radical (unpaired) electrons. The molecule has 0 saturated heterocycles. The fourth-order valence-corrected chi connectivity index (χ4v) is 2.23. The van der Waals surface area contributed by atoms with Gasteiger partial charge in [-0.05, 0) is 5.56 Å². The van der Waals surface area contributed by atoms with E-state index in [1.165, 1.54) is 0 Å². The summed E-state index contributed by atoms with van der Waals surface area (Å²) in [5.41, 5.74) is 0.488. The fraction of sp³-hybridized carbons (Fsp3) is 0.400. The van der Waals surface area contributed by atoms with Crippen LogP contribution < -0.4 is 0 Å². The van der Waals surface area contributed by atoms with Crippen molar-refractivity contribution in [3.05, 3.63) is 35.9 Å². The molecular formula is C10H14O4S. The maximum Gasteiger partial charge on any atom is 0.155 e. The molecule has 0 aliphatic rings. The lowest BCUT2D eigenvalue weighted by molar-refractivity contribution is 0.138. The fourth-order valence-electron chi connectivity index (χ4n) is 1.33. The van der Waals surface area contributed by atoms with Crippen LogP contribution in [0.3, 0.4) is 0 Å². The van der Waals surface area contributed by atoms with Crippen LogP contribution in [0, 0.1) is 0 Å². The van der Waals surface area contributed by atoms with E-state index in [-0.39, 0.29) is 0 Å². The zero-order valence-electron chi connectivity index (χ0n) is 8.37. The second kappa shape index (κ2) is 4.74. The molecule has 0 bridgehead atoms. The van der Waals surface area contributed by atoms with Gasteiger partial charge < -0.3 is 10.2 Å². The molecule has 0 spiro atoms. The van der Waals surface area contributed by atoms with E-state index >= 15 is 0 Å². The molecule has 2 N–H and O–H groups in total.